The number of amides is 3. The first-order chi connectivity index (χ1) is 11.5. The topological polar surface area (TPSA) is 86.7 Å². The molecule has 2 aliphatic heterocycles. The molecule has 0 saturated carbocycles. The number of carbonyl (C=O) groups excluding carboxylic acids is 3. The quantitative estimate of drug-likeness (QED) is 0.534. The molecule has 3 heterocycles. The first-order valence-electron chi connectivity index (χ1n) is 7.70. The molecule has 0 N–H and O–H groups in total. The maximum absolute atomic E-state index is 12.4. The van der Waals surface area contributed by atoms with Crippen LogP contribution in [0.4, 0.5) is 0 Å². The molecule has 0 aromatic carbocycles. The minimum atomic E-state index is -0.561. The Morgan fingerprint density at radius 1 is 1.38 bits per heavy atom. The smallest absolute Gasteiger partial charge is 0.247 e. The van der Waals surface area contributed by atoms with Crippen molar-refractivity contribution in [2.45, 2.75) is 18.1 Å². The molecule has 1 atom stereocenters. The number of likely N-dealkylation sites (N-methyl/N-ethyl adjacent to an activating group) is 1. The van der Waals surface area contributed by atoms with Gasteiger partial charge in [-0.05, 0) is 13.0 Å². The van der Waals surface area contributed by atoms with Crippen molar-refractivity contribution in [2.75, 3.05) is 39.0 Å². The summed E-state index contributed by atoms with van der Waals surface area (Å²) in [5.74, 6) is -0.0227. The number of piperazine rings is 2. The molecule has 2 fully saturated rings. The minimum absolute atomic E-state index is 0.0586. The number of thioether (sulfide) groups is 1. The number of rotatable bonds is 3. The summed E-state index contributed by atoms with van der Waals surface area (Å²) in [6, 6.07) is 1.24. The number of hydrogen-bond donors (Lipinski definition) is 0. The van der Waals surface area contributed by atoms with Gasteiger partial charge in [-0.2, -0.15) is 0 Å². The summed E-state index contributed by atoms with van der Waals surface area (Å²) in [5, 5.41) is 0.561. The molecule has 9 heteroatoms. The van der Waals surface area contributed by atoms with Gasteiger partial charge < -0.3 is 14.7 Å². The maximum atomic E-state index is 12.4. The predicted molar refractivity (Wildman–Crippen MR) is 87.2 cm³/mol. The second-order valence-corrected chi connectivity index (χ2v) is 6.85. The monoisotopic (exact) mass is 349 g/mol. The highest BCUT2D eigenvalue weighted by atomic mass is 32.2. The lowest BCUT2D eigenvalue weighted by atomic mass is 10.1. The molecule has 2 aliphatic rings. The van der Waals surface area contributed by atoms with E-state index >= 15 is 0 Å². The third kappa shape index (κ3) is 3.35. The second-order valence-electron chi connectivity index (χ2n) is 5.91. The Kier molecular flexibility index (Phi) is 4.70. The lowest BCUT2D eigenvalue weighted by Gasteiger charge is -2.45. The maximum Gasteiger partial charge on any atom is 0.247 e. The van der Waals surface area contributed by atoms with E-state index in [-0.39, 0.29) is 36.6 Å². The van der Waals surface area contributed by atoms with E-state index in [9.17, 15) is 14.4 Å². The fourth-order valence-corrected chi connectivity index (χ4v) is 3.64. The Balaban J connectivity index is 1.60. The zero-order valence-electron chi connectivity index (χ0n) is 13.6. The molecular formula is C15H19N5O3S. The molecule has 128 valence electrons. The fraction of sp³-hybridized carbons (Fsp3) is 0.533. The van der Waals surface area contributed by atoms with Gasteiger partial charge in [0.15, 0.2) is 5.16 Å². The van der Waals surface area contributed by atoms with Crippen LogP contribution >= 0.6 is 11.8 Å². The molecule has 0 radical (unpaired) electrons. The van der Waals surface area contributed by atoms with Crippen molar-refractivity contribution in [3.63, 3.8) is 0 Å². The van der Waals surface area contributed by atoms with Crippen molar-refractivity contribution in [3.05, 3.63) is 18.0 Å². The van der Waals surface area contributed by atoms with Crippen LogP contribution in [-0.2, 0) is 14.4 Å². The summed E-state index contributed by atoms with van der Waals surface area (Å²) in [6.07, 6.45) is 1.66. The van der Waals surface area contributed by atoms with Crippen LogP contribution in [0, 0.1) is 6.92 Å². The highest BCUT2D eigenvalue weighted by Gasteiger charge is 2.42. The Labute approximate surface area is 144 Å². The van der Waals surface area contributed by atoms with E-state index in [4.69, 9.17) is 0 Å². The van der Waals surface area contributed by atoms with Gasteiger partial charge >= 0.3 is 0 Å². The number of aryl methyl sites for hydroxylation is 1. The molecule has 0 unspecified atom stereocenters. The van der Waals surface area contributed by atoms with Gasteiger partial charge in [-0.15, -0.1) is 0 Å². The van der Waals surface area contributed by atoms with E-state index in [2.05, 4.69) is 9.97 Å². The van der Waals surface area contributed by atoms with Crippen molar-refractivity contribution in [1.82, 2.24) is 24.7 Å². The highest BCUT2D eigenvalue weighted by Crippen LogP contribution is 2.19. The van der Waals surface area contributed by atoms with Gasteiger partial charge in [0.25, 0.3) is 0 Å². The first-order valence-corrected chi connectivity index (χ1v) is 8.69. The molecule has 1 aromatic heterocycles. The second kappa shape index (κ2) is 6.76. The van der Waals surface area contributed by atoms with E-state index in [1.165, 1.54) is 16.7 Å². The zero-order valence-corrected chi connectivity index (χ0v) is 14.5. The number of fused-ring (bicyclic) bond motifs is 1. The van der Waals surface area contributed by atoms with Gasteiger partial charge in [0.2, 0.25) is 17.7 Å². The number of carbonyl (C=O) groups is 3. The Morgan fingerprint density at radius 2 is 2.17 bits per heavy atom. The van der Waals surface area contributed by atoms with E-state index in [1.54, 1.807) is 29.1 Å². The van der Waals surface area contributed by atoms with E-state index < -0.39 is 6.04 Å². The summed E-state index contributed by atoms with van der Waals surface area (Å²) in [5.41, 5.74) is 0.850. The summed E-state index contributed by atoms with van der Waals surface area (Å²) < 4.78 is 0. The summed E-state index contributed by atoms with van der Waals surface area (Å²) in [6.45, 7) is 3.09. The number of nitrogens with zero attached hydrogens (tertiary/aromatic N) is 5. The number of hydrogen-bond acceptors (Lipinski definition) is 6. The van der Waals surface area contributed by atoms with Crippen LogP contribution in [0.2, 0.25) is 0 Å². The van der Waals surface area contributed by atoms with Crippen molar-refractivity contribution in [1.29, 1.82) is 0 Å². The number of aromatic nitrogens is 2. The molecule has 3 amide bonds. The van der Waals surface area contributed by atoms with Crippen LogP contribution in [0.15, 0.2) is 17.4 Å². The third-order valence-electron chi connectivity index (χ3n) is 4.18. The normalized spacial score (nSPS) is 21.1. The average Bonchev–Trinajstić information content (AvgIpc) is 2.57. The zero-order chi connectivity index (χ0) is 17.3. The average molecular weight is 349 g/mol. The molecule has 0 spiro atoms. The van der Waals surface area contributed by atoms with Crippen LogP contribution < -0.4 is 0 Å². The summed E-state index contributed by atoms with van der Waals surface area (Å²) in [7, 11) is 1.61. The van der Waals surface area contributed by atoms with E-state index in [0.717, 1.165) is 5.69 Å². The van der Waals surface area contributed by atoms with Crippen LogP contribution in [0.5, 0.6) is 0 Å². The van der Waals surface area contributed by atoms with Gasteiger partial charge in [0.1, 0.15) is 6.04 Å². The first kappa shape index (κ1) is 16.7. The molecule has 1 aromatic rings. The summed E-state index contributed by atoms with van der Waals surface area (Å²) >= 11 is 1.28. The van der Waals surface area contributed by atoms with Gasteiger partial charge in [-0.1, -0.05) is 11.8 Å². The van der Waals surface area contributed by atoms with E-state index in [0.29, 0.717) is 18.2 Å². The molecule has 3 rings (SSSR count). The molecule has 0 bridgehead atoms. The summed E-state index contributed by atoms with van der Waals surface area (Å²) in [4.78, 5) is 49.7. The lowest BCUT2D eigenvalue weighted by molar-refractivity contribution is -0.160. The standard InChI is InChI=1S/C15H19N5O3S/c1-10-3-4-16-15(17-10)24-9-13(22)19-5-6-20-11(7-19)14(23)18(2)8-12(20)21/h3-4,11H,5-9H2,1-2H3/t11-/m1/s1. The Hall–Kier alpha value is -2.16. The molecule has 0 aliphatic carbocycles. The van der Waals surface area contributed by atoms with Gasteiger partial charge in [0.05, 0.1) is 18.8 Å². The molecule has 8 nitrogen and oxygen atoms in total. The highest BCUT2D eigenvalue weighted by molar-refractivity contribution is 7.99. The largest absolute Gasteiger partial charge is 0.338 e. The fourth-order valence-electron chi connectivity index (χ4n) is 2.86. The van der Waals surface area contributed by atoms with E-state index in [1.807, 2.05) is 6.92 Å². The van der Waals surface area contributed by atoms with Crippen molar-refractivity contribution >= 4 is 29.5 Å². The van der Waals surface area contributed by atoms with Gasteiger partial charge in [0, 0.05) is 32.0 Å². The lowest BCUT2D eigenvalue weighted by Crippen LogP contribution is -2.66. The third-order valence-corrected chi connectivity index (χ3v) is 5.03. The molecular weight excluding hydrogens is 330 g/mol. The van der Waals surface area contributed by atoms with Crippen LogP contribution in [-0.4, -0.2) is 87.4 Å². The van der Waals surface area contributed by atoms with Crippen LogP contribution in [0.1, 0.15) is 5.69 Å². The van der Waals surface area contributed by atoms with Gasteiger partial charge in [-0.3, -0.25) is 14.4 Å². The Bertz CT molecular complexity index is 683. The SMILES string of the molecule is Cc1ccnc(SCC(=O)N2CCN3C(=O)CN(C)C(=O)[C@H]3C2)n1. The predicted octanol–water partition coefficient (Wildman–Crippen LogP) is -0.611. The van der Waals surface area contributed by atoms with Crippen LogP contribution in [0.3, 0.4) is 0 Å². The molecule has 2 saturated heterocycles. The van der Waals surface area contributed by atoms with Crippen molar-refractivity contribution in [3.8, 4) is 0 Å². The minimum Gasteiger partial charge on any atom is -0.338 e. The van der Waals surface area contributed by atoms with Crippen molar-refractivity contribution in [2.24, 2.45) is 0 Å². The Morgan fingerprint density at radius 3 is 2.92 bits per heavy atom. The molecule has 24 heavy (non-hydrogen) atoms. The van der Waals surface area contributed by atoms with Crippen LogP contribution in [0.25, 0.3) is 0 Å². The van der Waals surface area contributed by atoms with Crippen molar-refractivity contribution < 1.29 is 14.4 Å². The van der Waals surface area contributed by atoms with Gasteiger partial charge in [-0.25, -0.2) is 9.97 Å².